The Morgan fingerprint density at radius 1 is 1.41 bits per heavy atom. The van der Waals surface area contributed by atoms with Crippen LogP contribution >= 0.6 is 11.3 Å². The lowest BCUT2D eigenvalue weighted by atomic mass is 9.93. The van der Waals surface area contributed by atoms with Gasteiger partial charge in [0.15, 0.2) is 4.96 Å². The Hall–Kier alpha value is -1.66. The van der Waals surface area contributed by atoms with E-state index in [1.807, 2.05) is 6.20 Å². The van der Waals surface area contributed by atoms with Crippen LogP contribution in [0.2, 0.25) is 0 Å². The highest BCUT2D eigenvalue weighted by atomic mass is 32.1. The van der Waals surface area contributed by atoms with Gasteiger partial charge in [0.2, 0.25) is 0 Å². The molecule has 0 bridgehead atoms. The molecule has 22 heavy (non-hydrogen) atoms. The Labute approximate surface area is 134 Å². The van der Waals surface area contributed by atoms with Crippen LogP contribution in [0.3, 0.4) is 0 Å². The van der Waals surface area contributed by atoms with Gasteiger partial charge in [-0.3, -0.25) is 14.4 Å². The molecule has 6 heteroatoms. The van der Waals surface area contributed by atoms with Gasteiger partial charge in [0.1, 0.15) is 0 Å². The van der Waals surface area contributed by atoms with Crippen LogP contribution < -0.4 is 0 Å². The van der Waals surface area contributed by atoms with Gasteiger partial charge in [-0.1, -0.05) is 0 Å². The summed E-state index contributed by atoms with van der Waals surface area (Å²) in [5.74, 6) is 0.572. The number of imidazole rings is 1. The zero-order chi connectivity index (χ0) is 15.1. The molecule has 3 aromatic rings. The Bertz CT molecular complexity index is 784. The van der Waals surface area contributed by atoms with Crippen LogP contribution in [0.4, 0.5) is 0 Å². The minimum absolute atomic E-state index is 0.572. The number of aromatic amines is 1. The lowest BCUT2D eigenvalue weighted by molar-refractivity contribution is 0.195. The number of hydrogen-bond donors (Lipinski definition) is 1. The number of nitrogens with zero attached hydrogens (tertiary/aromatic N) is 4. The number of H-pyrrole nitrogens is 1. The third kappa shape index (κ3) is 2.36. The molecular formula is C16H21N5S. The van der Waals surface area contributed by atoms with Crippen LogP contribution in [0.15, 0.2) is 17.8 Å². The van der Waals surface area contributed by atoms with Gasteiger partial charge >= 0.3 is 0 Å². The smallest absolute Gasteiger partial charge is 0.194 e. The highest BCUT2D eigenvalue weighted by Crippen LogP contribution is 2.29. The second-order valence-electron chi connectivity index (χ2n) is 6.24. The molecule has 0 saturated carbocycles. The monoisotopic (exact) mass is 315 g/mol. The molecule has 4 heterocycles. The summed E-state index contributed by atoms with van der Waals surface area (Å²) in [6.07, 6.45) is 6.56. The summed E-state index contributed by atoms with van der Waals surface area (Å²) < 4.78 is 2.24. The molecule has 5 nitrogen and oxygen atoms in total. The first-order valence-corrected chi connectivity index (χ1v) is 8.73. The number of aryl methyl sites for hydroxylation is 2. The summed E-state index contributed by atoms with van der Waals surface area (Å²) in [7, 11) is 0. The topological polar surface area (TPSA) is 49.2 Å². The maximum Gasteiger partial charge on any atom is 0.194 e. The molecule has 0 amide bonds. The van der Waals surface area contributed by atoms with Crippen molar-refractivity contribution >= 4 is 16.3 Å². The predicted molar refractivity (Wildman–Crippen MR) is 88.4 cm³/mol. The SMILES string of the molecule is Cc1cn[nH]c1[C@@H]1CCCN(Cc2c(C)nc3sccn23)C1. The lowest BCUT2D eigenvalue weighted by Crippen LogP contribution is -2.34. The normalized spacial score (nSPS) is 20.0. The summed E-state index contributed by atoms with van der Waals surface area (Å²) >= 11 is 1.70. The van der Waals surface area contributed by atoms with E-state index in [-0.39, 0.29) is 0 Å². The lowest BCUT2D eigenvalue weighted by Gasteiger charge is -2.32. The van der Waals surface area contributed by atoms with Crippen LogP contribution in [-0.2, 0) is 6.54 Å². The molecule has 0 aliphatic carbocycles. The molecule has 116 valence electrons. The van der Waals surface area contributed by atoms with Gasteiger partial charge in [-0.15, -0.1) is 11.3 Å². The molecule has 0 aromatic carbocycles. The molecule has 1 saturated heterocycles. The van der Waals surface area contributed by atoms with E-state index >= 15 is 0 Å². The van der Waals surface area contributed by atoms with E-state index in [0.717, 1.165) is 23.7 Å². The van der Waals surface area contributed by atoms with Crippen LogP contribution in [0.5, 0.6) is 0 Å². The molecule has 3 aromatic heterocycles. The Kier molecular flexibility index (Phi) is 3.50. The molecule has 1 aliphatic heterocycles. The molecule has 0 unspecified atom stereocenters. The largest absolute Gasteiger partial charge is 0.297 e. The van der Waals surface area contributed by atoms with E-state index in [0.29, 0.717) is 5.92 Å². The molecule has 1 fully saturated rings. The third-order valence-electron chi connectivity index (χ3n) is 4.72. The second-order valence-corrected chi connectivity index (χ2v) is 7.11. The van der Waals surface area contributed by atoms with Gasteiger partial charge in [0, 0.05) is 36.3 Å². The summed E-state index contributed by atoms with van der Waals surface area (Å²) in [6, 6.07) is 0. The molecule has 1 aliphatic rings. The Morgan fingerprint density at radius 2 is 2.32 bits per heavy atom. The van der Waals surface area contributed by atoms with Crippen molar-refractivity contribution in [2.24, 2.45) is 0 Å². The fourth-order valence-electron chi connectivity index (χ4n) is 3.55. The highest BCUT2D eigenvalue weighted by molar-refractivity contribution is 7.15. The number of hydrogen-bond acceptors (Lipinski definition) is 4. The van der Waals surface area contributed by atoms with Crippen molar-refractivity contribution in [1.29, 1.82) is 0 Å². The van der Waals surface area contributed by atoms with Crippen molar-refractivity contribution in [3.05, 3.63) is 40.4 Å². The molecular weight excluding hydrogens is 294 g/mol. The van der Waals surface area contributed by atoms with E-state index in [2.05, 4.69) is 49.9 Å². The summed E-state index contributed by atoms with van der Waals surface area (Å²) in [4.78, 5) is 8.32. The quantitative estimate of drug-likeness (QED) is 0.808. The molecule has 0 radical (unpaired) electrons. The number of aromatic nitrogens is 4. The standard InChI is InChI=1S/C16H21N5S/c1-11-8-17-19-15(11)13-4-3-5-20(9-13)10-14-12(2)18-16-21(14)6-7-22-16/h6-8,13H,3-5,9-10H2,1-2H3,(H,17,19)/t13-/m1/s1. The van der Waals surface area contributed by atoms with E-state index in [1.54, 1.807) is 11.3 Å². The molecule has 1 N–H and O–H groups in total. The van der Waals surface area contributed by atoms with E-state index in [9.17, 15) is 0 Å². The maximum atomic E-state index is 4.66. The fraction of sp³-hybridized carbons (Fsp3) is 0.500. The number of rotatable bonds is 3. The van der Waals surface area contributed by atoms with Crippen molar-refractivity contribution in [1.82, 2.24) is 24.5 Å². The van der Waals surface area contributed by atoms with Gasteiger partial charge in [-0.05, 0) is 38.8 Å². The Balaban J connectivity index is 1.54. The van der Waals surface area contributed by atoms with E-state index < -0.39 is 0 Å². The predicted octanol–water partition coefficient (Wildman–Crippen LogP) is 3.12. The number of fused-ring (bicyclic) bond motifs is 1. The molecule has 1 atom stereocenters. The van der Waals surface area contributed by atoms with Crippen LogP contribution in [0, 0.1) is 13.8 Å². The number of likely N-dealkylation sites (tertiary alicyclic amines) is 1. The minimum atomic E-state index is 0.572. The van der Waals surface area contributed by atoms with Crippen molar-refractivity contribution < 1.29 is 0 Å². The van der Waals surface area contributed by atoms with Gasteiger partial charge in [0.05, 0.1) is 17.6 Å². The van der Waals surface area contributed by atoms with Gasteiger partial charge in [-0.25, -0.2) is 4.98 Å². The first kappa shape index (κ1) is 14.0. The van der Waals surface area contributed by atoms with Gasteiger partial charge in [-0.2, -0.15) is 5.10 Å². The average Bonchev–Trinajstić information content (AvgIpc) is 3.19. The van der Waals surface area contributed by atoms with Crippen LogP contribution in [-0.4, -0.2) is 37.6 Å². The summed E-state index contributed by atoms with van der Waals surface area (Å²) in [5, 5.41) is 9.50. The minimum Gasteiger partial charge on any atom is -0.297 e. The summed E-state index contributed by atoms with van der Waals surface area (Å²) in [6.45, 7) is 7.51. The zero-order valence-electron chi connectivity index (χ0n) is 13.0. The van der Waals surface area contributed by atoms with Crippen molar-refractivity contribution in [3.63, 3.8) is 0 Å². The number of piperidine rings is 1. The van der Waals surface area contributed by atoms with Crippen molar-refractivity contribution in [2.45, 2.75) is 39.2 Å². The number of thiazole rings is 1. The van der Waals surface area contributed by atoms with Crippen molar-refractivity contribution in [3.8, 4) is 0 Å². The fourth-order valence-corrected chi connectivity index (χ4v) is 4.33. The Morgan fingerprint density at radius 3 is 3.14 bits per heavy atom. The van der Waals surface area contributed by atoms with Crippen LogP contribution in [0.25, 0.3) is 4.96 Å². The van der Waals surface area contributed by atoms with Crippen molar-refractivity contribution in [2.75, 3.05) is 13.1 Å². The zero-order valence-corrected chi connectivity index (χ0v) is 13.9. The van der Waals surface area contributed by atoms with Gasteiger partial charge < -0.3 is 0 Å². The first-order valence-electron chi connectivity index (χ1n) is 7.85. The molecule has 4 rings (SSSR count). The first-order chi connectivity index (χ1) is 10.7. The van der Waals surface area contributed by atoms with E-state index in [4.69, 9.17) is 0 Å². The third-order valence-corrected chi connectivity index (χ3v) is 5.47. The summed E-state index contributed by atoms with van der Waals surface area (Å²) in [5.41, 5.74) is 5.09. The average molecular weight is 315 g/mol. The van der Waals surface area contributed by atoms with E-state index in [1.165, 1.54) is 36.3 Å². The van der Waals surface area contributed by atoms with Gasteiger partial charge in [0.25, 0.3) is 0 Å². The van der Waals surface area contributed by atoms with Crippen LogP contribution in [0.1, 0.15) is 41.4 Å². The highest BCUT2D eigenvalue weighted by Gasteiger charge is 2.25. The second kappa shape index (κ2) is 5.52. The molecule has 0 spiro atoms. The maximum absolute atomic E-state index is 4.66. The number of nitrogens with one attached hydrogen (secondary N) is 1.